The topological polar surface area (TPSA) is 90.0 Å². The van der Waals surface area contributed by atoms with Gasteiger partial charge < -0.3 is 15.4 Å². The van der Waals surface area contributed by atoms with Crippen molar-refractivity contribution in [3.63, 3.8) is 0 Å². The summed E-state index contributed by atoms with van der Waals surface area (Å²) in [7, 11) is 5.45. The third kappa shape index (κ3) is 2.96. The van der Waals surface area contributed by atoms with Gasteiger partial charge in [-0.25, -0.2) is 15.0 Å². The van der Waals surface area contributed by atoms with E-state index in [2.05, 4.69) is 19.9 Å². The third-order valence-corrected chi connectivity index (χ3v) is 3.54. The summed E-state index contributed by atoms with van der Waals surface area (Å²) < 4.78 is 5.40. The highest BCUT2D eigenvalue weighted by atomic mass is 16.5. The van der Waals surface area contributed by atoms with Gasteiger partial charge in [-0.3, -0.25) is 4.98 Å². The zero-order chi connectivity index (χ0) is 17.1. The summed E-state index contributed by atoms with van der Waals surface area (Å²) in [4.78, 5) is 19.4. The van der Waals surface area contributed by atoms with E-state index in [-0.39, 0.29) is 0 Å². The molecular weight excluding hydrogens is 304 g/mol. The van der Waals surface area contributed by atoms with Crippen LogP contribution in [0, 0.1) is 0 Å². The zero-order valence-corrected chi connectivity index (χ0v) is 13.8. The number of nitrogens with zero attached hydrogens (tertiary/aromatic N) is 5. The van der Waals surface area contributed by atoms with Crippen LogP contribution in [0.3, 0.4) is 0 Å². The predicted octanol–water partition coefficient (Wildman–Crippen LogP) is 2.26. The summed E-state index contributed by atoms with van der Waals surface area (Å²) in [6.07, 6.45) is 5.03. The van der Waals surface area contributed by atoms with Crippen LogP contribution in [-0.4, -0.2) is 41.1 Å². The van der Waals surface area contributed by atoms with E-state index in [1.807, 2.05) is 43.3 Å². The summed E-state index contributed by atoms with van der Waals surface area (Å²) in [5.74, 6) is 1.41. The molecule has 3 aromatic heterocycles. The average molecular weight is 322 g/mol. The van der Waals surface area contributed by atoms with Crippen molar-refractivity contribution >= 4 is 11.5 Å². The number of rotatable bonds is 4. The maximum Gasteiger partial charge on any atom is 0.178 e. The van der Waals surface area contributed by atoms with Gasteiger partial charge in [-0.2, -0.15) is 0 Å². The Hall–Kier alpha value is -3.22. The van der Waals surface area contributed by atoms with Gasteiger partial charge in [-0.15, -0.1) is 0 Å². The van der Waals surface area contributed by atoms with Gasteiger partial charge in [0.05, 0.1) is 25.2 Å². The second kappa shape index (κ2) is 6.49. The highest BCUT2D eigenvalue weighted by Crippen LogP contribution is 2.33. The van der Waals surface area contributed by atoms with Crippen LogP contribution in [0.5, 0.6) is 5.75 Å². The fourth-order valence-corrected chi connectivity index (χ4v) is 2.23. The monoisotopic (exact) mass is 322 g/mol. The molecule has 0 saturated carbocycles. The SMILES string of the molecule is COc1cnc(-c2ccccn2)nc1-c1cc(N(C)C)cnc1N. The molecule has 0 saturated heterocycles. The molecule has 0 unspecified atom stereocenters. The highest BCUT2D eigenvalue weighted by molar-refractivity contribution is 5.79. The van der Waals surface area contributed by atoms with Crippen LogP contribution < -0.4 is 15.4 Å². The Labute approximate surface area is 140 Å². The van der Waals surface area contributed by atoms with E-state index >= 15 is 0 Å². The van der Waals surface area contributed by atoms with Crippen LogP contribution in [0.2, 0.25) is 0 Å². The molecule has 0 aromatic carbocycles. The van der Waals surface area contributed by atoms with Crippen molar-refractivity contribution in [3.8, 4) is 28.5 Å². The summed E-state index contributed by atoms with van der Waals surface area (Å²) in [5, 5.41) is 0. The normalized spacial score (nSPS) is 10.5. The number of anilines is 2. The molecule has 0 radical (unpaired) electrons. The first-order valence-corrected chi connectivity index (χ1v) is 7.36. The molecule has 3 rings (SSSR count). The molecule has 0 amide bonds. The lowest BCUT2D eigenvalue weighted by molar-refractivity contribution is 0.413. The van der Waals surface area contributed by atoms with E-state index in [1.54, 1.807) is 25.7 Å². The van der Waals surface area contributed by atoms with Crippen LogP contribution >= 0.6 is 0 Å². The van der Waals surface area contributed by atoms with Crippen molar-refractivity contribution in [2.45, 2.75) is 0 Å². The predicted molar refractivity (Wildman–Crippen MR) is 93.8 cm³/mol. The maximum atomic E-state index is 6.07. The first kappa shape index (κ1) is 15.7. The quantitative estimate of drug-likeness (QED) is 0.788. The van der Waals surface area contributed by atoms with E-state index < -0.39 is 0 Å². The summed E-state index contributed by atoms with van der Waals surface area (Å²) in [5.41, 5.74) is 8.94. The molecule has 7 heteroatoms. The lowest BCUT2D eigenvalue weighted by Gasteiger charge is -2.15. The summed E-state index contributed by atoms with van der Waals surface area (Å²) in [6.45, 7) is 0. The van der Waals surface area contributed by atoms with Crippen LogP contribution in [0.25, 0.3) is 22.8 Å². The Kier molecular flexibility index (Phi) is 4.24. The fourth-order valence-electron chi connectivity index (χ4n) is 2.23. The van der Waals surface area contributed by atoms with E-state index in [1.165, 1.54) is 0 Å². The first-order valence-electron chi connectivity index (χ1n) is 7.36. The lowest BCUT2D eigenvalue weighted by Crippen LogP contribution is -2.10. The van der Waals surface area contributed by atoms with Crippen molar-refractivity contribution in [2.24, 2.45) is 0 Å². The highest BCUT2D eigenvalue weighted by Gasteiger charge is 2.16. The van der Waals surface area contributed by atoms with Crippen molar-refractivity contribution < 1.29 is 4.74 Å². The number of ether oxygens (including phenoxy) is 1. The van der Waals surface area contributed by atoms with Crippen molar-refractivity contribution in [2.75, 3.05) is 31.8 Å². The van der Waals surface area contributed by atoms with Gasteiger partial charge in [-0.1, -0.05) is 6.07 Å². The molecule has 0 atom stereocenters. The van der Waals surface area contributed by atoms with Gasteiger partial charge in [-0.05, 0) is 18.2 Å². The second-order valence-electron chi connectivity index (χ2n) is 5.35. The van der Waals surface area contributed by atoms with E-state index in [0.717, 1.165) is 5.69 Å². The number of hydrogen-bond donors (Lipinski definition) is 1. The number of nitrogen functional groups attached to an aromatic ring is 1. The van der Waals surface area contributed by atoms with Gasteiger partial charge in [0.1, 0.15) is 17.2 Å². The first-order chi connectivity index (χ1) is 11.6. The lowest BCUT2D eigenvalue weighted by atomic mass is 10.1. The van der Waals surface area contributed by atoms with Gasteiger partial charge in [0.15, 0.2) is 11.6 Å². The number of hydrogen-bond acceptors (Lipinski definition) is 7. The Morgan fingerprint density at radius 2 is 1.92 bits per heavy atom. The molecule has 3 aromatic rings. The Morgan fingerprint density at radius 1 is 1.08 bits per heavy atom. The van der Waals surface area contributed by atoms with Crippen LogP contribution in [0.1, 0.15) is 0 Å². The number of nitrogens with two attached hydrogens (primary N) is 1. The molecule has 24 heavy (non-hydrogen) atoms. The molecule has 2 N–H and O–H groups in total. The molecule has 0 aliphatic rings. The standard InChI is InChI=1S/C17H18N6O/c1-23(2)11-8-12(16(18)20-9-11)15-14(24-3)10-21-17(22-15)13-6-4-5-7-19-13/h4-10H,1-3H3,(H2,18,20). The summed E-state index contributed by atoms with van der Waals surface area (Å²) in [6, 6.07) is 7.51. The minimum absolute atomic E-state index is 0.379. The molecule has 0 bridgehead atoms. The minimum Gasteiger partial charge on any atom is -0.493 e. The molecule has 0 fully saturated rings. The minimum atomic E-state index is 0.379. The number of methoxy groups -OCH3 is 1. The molecule has 0 spiro atoms. The number of aromatic nitrogens is 4. The molecule has 122 valence electrons. The Morgan fingerprint density at radius 3 is 2.58 bits per heavy atom. The molecule has 0 aliphatic heterocycles. The largest absolute Gasteiger partial charge is 0.493 e. The second-order valence-corrected chi connectivity index (χ2v) is 5.35. The summed E-state index contributed by atoms with van der Waals surface area (Å²) >= 11 is 0. The maximum absolute atomic E-state index is 6.07. The Bertz CT molecular complexity index is 851. The fraction of sp³-hybridized carbons (Fsp3) is 0.176. The van der Waals surface area contributed by atoms with Crippen molar-refractivity contribution in [3.05, 3.63) is 42.9 Å². The smallest absolute Gasteiger partial charge is 0.178 e. The van der Waals surface area contributed by atoms with E-state index in [4.69, 9.17) is 10.5 Å². The van der Waals surface area contributed by atoms with Gasteiger partial charge in [0.25, 0.3) is 0 Å². The number of pyridine rings is 2. The van der Waals surface area contributed by atoms with Crippen LogP contribution in [-0.2, 0) is 0 Å². The average Bonchev–Trinajstić information content (AvgIpc) is 2.62. The van der Waals surface area contributed by atoms with Crippen LogP contribution in [0.4, 0.5) is 11.5 Å². The van der Waals surface area contributed by atoms with E-state index in [9.17, 15) is 0 Å². The van der Waals surface area contributed by atoms with Crippen LogP contribution in [0.15, 0.2) is 42.9 Å². The third-order valence-electron chi connectivity index (χ3n) is 3.54. The van der Waals surface area contributed by atoms with Crippen molar-refractivity contribution in [1.82, 2.24) is 19.9 Å². The van der Waals surface area contributed by atoms with Gasteiger partial charge in [0, 0.05) is 25.9 Å². The molecule has 0 aliphatic carbocycles. The molecule has 3 heterocycles. The van der Waals surface area contributed by atoms with Gasteiger partial charge >= 0.3 is 0 Å². The van der Waals surface area contributed by atoms with Gasteiger partial charge in [0.2, 0.25) is 0 Å². The molecule has 7 nitrogen and oxygen atoms in total. The van der Waals surface area contributed by atoms with E-state index in [0.29, 0.717) is 34.3 Å². The van der Waals surface area contributed by atoms with Crippen molar-refractivity contribution in [1.29, 1.82) is 0 Å². The zero-order valence-electron chi connectivity index (χ0n) is 13.8. The molecular formula is C17H18N6O. The Balaban J connectivity index is 2.18.